The standard InChI is InChI=1S/C20H26O6/c1-17-4-3-11-10(15(17)24-8-13(17)21)7-12-14-18(2,16(22)26-12)20(23)6-5-19(11,14)9-25-20/h7,11-15,21,23H,3-6,8-9H2,1-2H3/t11-,12-,13-,14+,15+,17+,18+,19+,20+/m1/s1. The molecular formula is C20H26O6. The third kappa shape index (κ3) is 1.41. The van der Waals surface area contributed by atoms with E-state index >= 15 is 0 Å². The summed E-state index contributed by atoms with van der Waals surface area (Å²) in [5.41, 5.74) is -0.293. The van der Waals surface area contributed by atoms with Crippen LogP contribution in [0.5, 0.6) is 0 Å². The largest absolute Gasteiger partial charge is 0.457 e. The predicted octanol–water partition coefficient (Wildman–Crippen LogP) is 1.15. The highest BCUT2D eigenvalue weighted by molar-refractivity contribution is 5.82. The molecule has 3 aliphatic carbocycles. The van der Waals surface area contributed by atoms with Crippen LogP contribution in [-0.4, -0.2) is 53.5 Å². The number of carbonyl (C=O) groups excluding carboxylic acids is 1. The number of hydrogen-bond acceptors (Lipinski definition) is 6. The first-order valence-corrected chi connectivity index (χ1v) is 9.85. The lowest BCUT2D eigenvalue weighted by Crippen LogP contribution is -2.72. The molecule has 7 rings (SSSR count). The van der Waals surface area contributed by atoms with E-state index in [0.717, 1.165) is 19.3 Å². The molecule has 2 N–H and O–H groups in total. The van der Waals surface area contributed by atoms with Gasteiger partial charge in [0.15, 0.2) is 5.79 Å². The van der Waals surface area contributed by atoms with Gasteiger partial charge in [0, 0.05) is 23.2 Å². The van der Waals surface area contributed by atoms with Gasteiger partial charge in [0.25, 0.3) is 0 Å². The second kappa shape index (κ2) is 4.37. The van der Waals surface area contributed by atoms with Crippen molar-refractivity contribution >= 4 is 5.97 Å². The quantitative estimate of drug-likeness (QED) is 0.497. The Balaban J connectivity index is 1.54. The molecule has 0 unspecified atom stereocenters. The molecule has 6 fully saturated rings. The van der Waals surface area contributed by atoms with E-state index in [9.17, 15) is 15.0 Å². The van der Waals surface area contributed by atoms with E-state index in [2.05, 4.69) is 13.0 Å². The summed E-state index contributed by atoms with van der Waals surface area (Å²) in [6.07, 6.45) is 4.33. The van der Waals surface area contributed by atoms with Crippen molar-refractivity contribution in [1.29, 1.82) is 0 Å². The normalized spacial score (nSPS) is 62.2. The molecule has 142 valence electrons. The first kappa shape index (κ1) is 16.0. The van der Waals surface area contributed by atoms with Crippen molar-refractivity contribution < 1.29 is 29.2 Å². The van der Waals surface area contributed by atoms with Gasteiger partial charge in [-0.1, -0.05) is 6.92 Å². The monoisotopic (exact) mass is 362 g/mol. The number of rotatable bonds is 0. The zero-order valence-electron chi connectivity index (χ0n) is 15.2. The van der Waals surface area contributed by atoms with E-state index in [4.69, 9.17) is 14.2 Å². The minimum absolute atomic E-state index is 0.0561. The average molecular weight is 362 g/mol. The highest BCUT2D eigenvalue weighted by Crippen LogP contribution is 2.72. The van der Waals surface area contributed by atoms with Crippen molar-refractivity contribution in [2.45, 2.75) is 63.6 Å². The molecule has 9 atom stereocenters. The van der Waals surface area contributed by atoms with Crippen molar-refractivity contribution in [2.24, 2.45) is 28.1 Å². The van der Waals surface area contributed by atoms with E-state index in [-0.39, 0.29) is 40.8 Å². The topological polar surface area (TPSA) is 85.2 Å². The second-order valence-corrected chi connectivity index (χ2v) is 9.85. The van der Waals surface area contributed by atoms with Crippen molar-refractivity contribution in [3.63, 3.8) is 0 Å². The molecule has 7 aliphatic rings. The smallest absolute Gasteiger partial charge is 0.318 e. The number of ether oxygens (including phenoxy) is 3. The predicted molar refractivity (Wildman–Crippen MR) is 88.7 cm³/mol. The van der Waals surface area contributed by atoms with Gasteiger partial charge in [-0.05, 0) is 43.8 Å². The molecule has 2 saturated carbocycles. The van der Waals surface area contributed by atoms with Crippen LogP contribution >= 0.6 is 0 Å². The van der Waals surface area contributed by atoms with Crippen LogP contribution in [0.25, 0.3) is 0 Å². The molecule has 0 aromatic rings. The summed E-state index contributed by atoms with van der Waals surface area (Å²) < 4.78 is 17.8. The lowest BCUT2D eigenvalue weighted by molar-refractivity contribution is -0.367. The Kier molecular flexibility index (Phi) is 2.70. The highest BCUT2D eigenvalue weighted by Gasteiger charge is 2.79. The molecule has 0 aromatic heterocycles. The summed E-state index contributed by atoms with van der Waals surface area (Å²) in [4.78, 5) is 12.9. The van der Waals surface area contributed by atoms with Gasteiger partial charge in [0.2, 0.25) is 0 Å². The fourth-order valence-electron chi connectivity index (χ4n) is 7.49. The third-order valence-electron chi connectivity index (χ3n) is 9.07. The molecule has 6 heteroatoms. The Morgan fingerprint density at radius 3 is 2.77 bits per heavy atom. The molecule has 0 aromatic carbocycles. The Hall–Kier alpha value is -0.950. The first-order chi connectivity index (χ1) is 12.3. The van der Waals surface area contributed by atoms with Gasteiger partial charge in [0.05, 0.1) is 25.4 Å². The molecule has 4 heterocycles. The third-order valence-corrected chi connectivity index (χ3v) is 9.07. The van der Waals surface area contributed by atoms with E-state index in [1.165, 1.54) is 5.57 Å². The number of aliphatic hydroxyl groups is 2. The van der Waals surface area contributed by atoms with Gasteiger partial charge < -0.3 is 24.4 Å². The lowest BCUT2D eigenvalue weighted by Gasteiger charge is -2.66. The Morgan fingerprint density at radius 1 is 1.23 bits per heavy atom. The fraction of sp³-hybridized carbons (Fsp3) is 0.850. The van der Waals surface area contributed by atoms with Crippen molar-refractivity contribution in [2.75, 3.05) is 13.2 Å². The Morgan fingerprint density at radius 2 is 2.04 bits per heavy atom. The summed E-state index contributed by atoms with van der Waals surface area (Å²) in [5, 5.41) is 21.6. The van der Waals surface area contributed by atoms with Crippen molar-refractivity contribution in [3.05, 3.63) is 11.6 Å². The molecule has 26 heavy (non-hydrogen) atoms. The van der Waals surface area contributed by atoms with E-state index in [1.807, 2.05) is 6.92 Å². The summed E-state index contributed by atoms with van der Waals surface area (Å²) in [6, 6.07) is 0. The summed E-state index contributed by atoms with van der Waals surface area (Å²) in [7, 11) is 0. The van der Waals surface area contributed by atoms with Crippen LogP contribution in [0.2, 0.25) is 0 Å². The molecule has 0 radical (unpaired) electrons. The molecular weight excluding hydrogens is 336 g/mol. The Labute approximate surface area is 152 Å². The van der Waals surface area contributed by atoms with Gasteiger partial charge in [0.1, 0.15) is 11.5 Å². The molecule has 4 aliphatic heterocycles. The highest BCUT2D eigenvalue weighted by atomic mass is 16.6. The van der Waals surface area contributed by atoms with Gasteiger partial charge in [-0.25, -0.2) is 0 Å². The number of carbonyl (C=O) groups is 1. The number of hydrogen-bond donors (Lipinski definition) is 2. The summed E-state index contributed by atoms with van der Waals surface area (Å²) in [6.45, 7) is 4.76. The van der Waals surface area contributed by atoms with Gasteiger partial charge in [-0.2, -0.15) is 0 Å². The summed E-state index contributed by atoms with van der Waals surface area (Å²) >= 11 is 0. The van der Waals surface area contributed by atoms with Crippen LogP contribution in [0.4, 0.5) is 0 Å². The van der Waals surface area contributed by atoms with Gasteiger partial charge in [-0.15, -0.1) is 0 Å². The van der Waals surface area contributed by atoms with Crippen LogP contribution in [0.15, 0.2) is 11.6 Å². The van der Waals surface area contributed by atoms with Crippen LogP contribution in [0.1, 0.15) is 39.5 Å². The van der Waals surface area contributed by atoms with E-state index in [0.29, 0.717) is 19.6 Å². The fourth-order valence-corrected chi connectivity index (χ4v) is 7.49. The SMILES string of the molecule is C[C@@]12CC[C@@H]3C(=C[C@H]4OC(=O)[C@]5(C)[C@H]4[C@]34CC[C@]5(O)OC4)[C@@H]1OC[C@H]2O. The van der Waals surface area contributed by atoms with Gasteiger partial charge >= 0.3 is 5.97 Å². The molecule has 4 saturated heterocycles. The number of esters is 1. The molecule has 2 bridgehead atoms. The van der Waals surface area contributed by atoms with E-state index in [1.54, 1.807) is 0 Å². The summed E-state index contributed by atoms with van der Waals surface area (Å²) in [5.74, 6) is -1.56. The van der Waals surface area contributed by atoms with Crippen LogP contribution in [-0.2, 0) is 19.0 Å². The number of fused-ring (bicyclic) bond motifs is 5. The zero-order valence-corrected chi connectivity index (χ0v) is 15.2. The van der Waals surface area contributed by atoms with Crippen LogP contribution in [0, 0.1) is 28.1 Å². The minimum atomic E-state index is -1.42. The first-order valence-electron chi connectivity index (χ1n) is 9.85. The lowest BCUT2D eigenvalue weighted by atomic mass is 9.42. The van der Waals surface area contributed by atoms with Crippen LogP contribution in [0.3, 0.4) is 0 Å². The Bertz CT molecular complexity index is 737. The maximum absolute atomic E-state index is 12.9. The van der Waals surface area contributed by atoms with Crippen molar-refractivity contribution in [1.82, 2.24) is 0 Å². The second-order valence-electron chi connectivity index (χ2n) is 9.85. The molecule has 1 spiro atoms. The minimum Gasteiger partial charge on any atom is -0.457 e. The van der Waals surface area contributed by atoms with Crippen molar-refractivity contribution in [3.8, 4) is 0 Å². The zero-order chi connectivity index (χ0) is 18.1. The molecule has 0 amide bonds. The maximum Gasteiger partial charge on any atom is 0.318 e. The molecule has 6 nitrogen and oxygen atoms in total. The average Bonchev–Trinajstić information content (AvgIpc) is 3.06. The van der Waals surface area contributed by atoms with Crippen LogP contribution < -0.4 is 0 Å². The number of aliphatic hydroxyl groups excluding tert-OH is 1. The maximum atomic E-state index is 12.9. The van der Waals surface area contributed by atoms with E-state index < -0.39 is 17.3 Å². The van der Waals surface area contributed by atoms with Gasteiger partial charge in [-0.3, -0.25) is 4.79 Å².